The van der Waals surface area contributed by atoms with E-state index in [0.29, 0.717) is 17.4 Å². The minimum atomic E-state index is -0.148. The van der Waals surface area contributed by atoms with Crippen molar-refractivity contribution in [2.75, 3.05) is 0 Å². The molecule has 2 nitrogen and oxygen atoms in total. The van der Waals surface area contributed by atoms with Gasteiger partial charge in [-0.05, 0) is 44.4 Å². The van der Waals surface area contributed by atoms with Crippen molar-refractivity contribution in [3.63, 3.8) is 0 Å². The Hall–Kier alpha value is -0.0800. The van der Waals surface area contributed by atoms with Crippen LogP contribution in [0.15, 0.2) is 0 Å². The summed E-state index contributed by atoms with van der Waals surface area (Å²) in [6, 6.07) is 0. The van der Waals surface area contributed by atoms with Gasteiger partial charge in [-0.25, -0.2) is 0 Å². The van der Waals surface area contributed by atoms with Gasteiger partial charge in [0.1, 0.15) is 0 Å². The quantitative estimate of drug-likeness (QED) is 0.702. The first-order valence-electron chi connectivity index (χ1n) is 7.61. The van der Waals surface area contributed by atoms with Crippen molar-refractivity contribution >= 4 is 0 Å². The van der Waals surface area contributed by atoms with E-state index < -0.39 is 0 Å². The summed E-state index contributed by atoms with van der Waals surface area (Å²) in [6.45, 7) is 20.0. The second kappa shape index (κ2) is 5.37. The summed E-state index contributed by atoms with van der Waals surface area (Å²) in [5.74, 6) is 0.471. The molecule has 0 spiro atoms. The molecule has 0 amide bonds. The van der Waals surface area contributed by atoms with Crippen molar-refractivity contribution < 1.29 is 9.47 Å². The van der Waals surface area contributed by atoms with E-state index in [1.165, 1.54) is 0 Å². The van der Waals surface area contributed by atoms with Crippen LogP contribution in [-0.2, 0) is 9.47 Å². The topological polar surface area (TPSA) is 18.5 Å². The van der Waals surface area contributed by atoms with Gasteiger partial charge in [-0.3, -0.25) is 0 Å². The lowest BCUT2D eigenvalue weighted by atomic mass is 9.77. The van der Waals surface area contributed by atoms with Crippen LogP contribution in [0.3, 0.4) is 0 Å². The third-order valence-corrected chi connectivity index (χ3v) is 3.59. The number of rotatable bonds is 2. The van der Waals surface area contributed by atoms with Crippen LogP contribution in [0.1, 0.15) is 75.2 Å². The molecule has 0 aromatic carbocycles. The molecule has 0 N–H and O–H groups in total. The molecule has 3 unspecified atom stereocenters. The number of ether oxygens (including phenoxy) is 2. The molecule has 19 heavy (non-hydrogen) atoms. The van der Waals surface area contributed by atoms with Crippen molar-refractivity contribution in [3.05, 3.63) is 0 Å². The Morgan fingerprint density at radius 1 is 0.947 bits per heavy atom. The molecule has 0 aromatic rings. The lowest BCUT2D eigenvalue weighted by Crippen LogP contribution is -2.36. The summed E-state index contributed by atoms with van der Waals surface area (Å²) in [7, 11) is 0. The third kappa shape index (κ3) is 5.83. The highest BCUT2D eigenvalue weighted by Gasteiger charge is 2.44. The second-order valence-electron chi connectivity index (χ2n) is 9.33. The average molecular weight is 270 g/mol. The molecular formula is C17H34O2. The van der Waals surface area contributed by atoms with Crippen molar-refractivity contribution in [2.45, 2.75) is 93.2 Å². The molecule has 0 aromatic heterocycles. The first kappa shape index (κ1) is 17.0. The van der Waals surface area contributed by atoms with Crippen molar-refractivity contribution in [1.82, 2.24) is 0 Å². The Bertz CT molecular complexity index is 288. The molecule has 3 atom stereocenters. The number of hydrogen-bond acceptors (Lipinski definition) is 2. The minimum absolute atomic E-state index is 0.0626. The van der Waals surface area contributed by atoms with Crippen LogP contribution in [-0.4, -0.2) is 18.0 Å². The van der Waals surface area contributed by atoms with E-state index in [9.17, 15) is 0 Å². The Kier molecular flexibility index (Phi) is 4.79. The summed E-state index contributed by atoms with van der Waals surface area (Å²) in [5.41, 5.74) is 0.386. The molecule has 0 bridgehead atoms. The van der Waals surface area contributed by atoms with Crippen LogP contribution in [0.25, 0.3) is 0 Å². The maximum absolute atomic E-state index is 6.23. The van der Waals surface area contributed by atoms with Gasteiger partial charge < -0.3 is 9.47 Å². The standard InChI is InChI=1S/C17H34O2/c1-15(2,3)11-12-10-13(16(4,5)6)14(18-12)19-17(7,8)9/h12-14H,10-11H2,1-9H3. The van der Waals surface area contributed by atoms with Crippen LogP contribution in [0.5, 0.6) is 0 Å². The molecule has 114 valence electrons. The molecule has 1 aliphatic rings. The first-order chi connectivity index (χ1) is 8.28. The van der Waals surface area contributed by atoms with E-state index in [0.717, 1.165) is 12.8 Å². The highest BCUT2D eigenvalue weighted by Crippen LogP contribution is 2.44. The van der Waals surface area contributed by atoms with Gasteiger partial charge in [-0.2, -0.15) is 0 Å². The Morgan fingerprint density at radius 2 is 1.47 bits per heavy atom. The molecule has 1 fully saturated rings. The zero-order valence-corrected chi connectivity index (χ0v) is 14.5. The van der Waals surface area contributed by atoms with Gasteiger partial charge in [0.25, 0.3) is 0 Å². The Balaban J connectivity index is 2.77. The maximum Gasteiger partial charge on any atom is 0.162 e. The van der Waals surface area contributed by atoms with Crippen molar-refractivity contribution in [1.29, 1.82) is 0 Å². The van der Waals surface area contributed by atoms with E-state index in [4.69, 9.17) is 9.47 Å². The molecular weight excluding hydrogens is 236 g/mol. The molecule has 1 rings (SSSR count). The van der Waals surface area contributed by atoms with E-state index in [1.807, 2.05) is 0 Å². The summed E-state index contributed by atoms with van der Waals surface area (Å²) < 4.78 is 12.4. The molecule has 1 heterocycles. The fourth-order valence-corrected chi connectivity index (χ4v) is 2.77. The second-order valence-corrected chi connectivity index (χ2v) is 9.33. The molecule has 0 saturated carbocycles. The fourth-order valence-electron chi connectivity index (χ4n) is 2.77. The lowest BCUT2D eigenvalue weighted by molar-refractivity contribution is -0.212. The maximum atomic E-state index is 6.23. The summed E-state index contributed by atoms with van der Waals surface area (Å²) in [6.07, 6.45) is 2.48. The van der Waals surface area contributed by atoms with Gasteiger partial charge in [0.2, 0.25) is 0 Å². The predicted molar refractivity (Wildman–Crippen MR) is 81.1 cm³/mol. The van der Waals surface area contributed by atoms with E-state index >= 15 is 0 Å². The third-order valence-electron chi connectivity index (χ3n) is 3.59. The molecule has 1 saturated heterocycles. The van der Waals surface area contributed by atoms with Gasteiger partial charge >= 0.3 is 0 Å². The van der Waals surface area contributed by atoms with Crippen LogP contribution in [0, 0.1) is 16.7 Å². The van der Waals surface area contributed by atoms with Gasteiger partial charge in [0, 0.05) is 5.92 Å². The molecule has 1 aliphatic heterocycles. The highest BCUT2D eigenvalue weighted by atomic mass is 16.7. The first-order valence-corrected chi connectivity index (χ1v) is 7.61. The summed E-state index contributed by atoms with van der Waals surface area (Å²) in [5, 5.41) is 0. The van der Waals surface area contributed by atoms with Gasteiger partial charge in [0.05, 0.1) is 11.7 Å². The molecule has 0 aliphatic carbocycles. The molecule has 0 radical (unpaired) electrons. The Morgan fingerprint density at radius 3 is 1.84 bits per heavy atom. The van der Waals surface area contributed by atoms with Crippen molar-refractivity contribution in [2.24, 2.45) is 16.7 Å². The van der Waals surface area contributed by atoms with Crippen LogP contribution < -0.4 is 0 Å². The zero-order chi connectivity index (χ0) is 15.1. The zero-order valence-electron chi connectivity index (χ0n) is 14.5. The SMILES string of the molecule is CC(C)(C)CC1CC(C(C)(C)C)C(OC(C)(C)C)O1. The monoisotopic (exact) mass is 270 g/mol. The average Bonchev–Trinajstić information content (AvgIpc) is 2.39. The van der Waals surface area contributed by atoms with E-state index in [-0.39, 0.29) is 17.3 Å². The van der Waals surface area contributed by atoms with E-state index in [1.54, 1.807) is 0 Å². The van der Waals surface area contributed by atoms with Crippen LogP contribution >= 0.6 is 0 Å². The van der Waals surface area contributed by atoms with Crippen LogP contribution in [0.4, 0.5) is 0 Å². The summed E-state index contributed by atoms with van der Waals surface area (Å²) in [4.78, 5) is 0. The lowest BCUT2D eigenvalue weighted by Gasteiger charge is -2.34. The van der Waals surface area contributed by atoms with Gasteiger partial charge in [-0.15, -0.1) is 0 Å². The molecule has 2 heteroatoms. The smallest absolute Gasteiger partial charge is 0.162 e. The van der Waals surface area contributed by atoms with E-state index in [2.05, 4.69) is 62.3 Å². The fraction of sp³-hybridized carbons (Fsp3) is 1.00. The minimum Gasteiger partial charge on any atom is -0.349 e. The predicted octanol–water partition coefficient (Wildman–Crippen LogP) is 5.02. The van der Waals surface area contributed by atoms with Crippen LogP contribution in [0.2, 0.25) is 0 Å². The van der Waals surface area contributed by atoms with Crippen molar-refractivity contribution in [3.8, 4) is 0 Å². The number of hydrogen-bond donors (Lipinski definition) is 0. The highest BCUT2D eigenvalue weighted by molar-refractivity contribution is 4.88. The van der Waals surface area contributed by atoms with Gasteiger partial charge in [0.15, 0.2) is 6.29 Å². The summed E-state index contributed by atoms with van der Waals surface area (Å²) >= 11 is 0. The van der Waals surface area contributed by atoms with Gasteiger partial charge in [-0.1, -0.05) is 41.5 Å². The Labute approximate surface area is 120 Å². The normalized spacial score (nSPS) is 29.8. The largest absolute Gasteiger partial charge is 0.349 e.